The lowest BCUT2D eigenvalue weighted by atomic mass is 10.00. The van der Waals surface area contributed by atoms with Gasteiger partial charge in [-0.25, -0.2) is 0 Å². The fourth-order valence-corrected chi connectivity index (χ4v) is 2.79. The van der Waals surface area contributed by atoms with Crippen LogP contribution in [0.4, 0.5) is 0 Å². The Labute approximate surface area is 118 Å². The van der Waals surface area contributed by atoms with E-state index in [0.29, 0.717) is 0 Å². The summed E-state index contributed by atoms with van der Waals surface area (Å²) in [6, 6.07) is 16.7. The minimum atomic E-state index is 0.221. The number of nitrogens with two attached hydrogens (primary N) is 1. The van der Waals surface area contributed by atoms with Crippen LogP contribution in [0.1, 0.15) is 18.4 Å². The average Bonchev–Trinajstić information content (AvgIpc) is 2.86. The van der Waals surface area contributed by atoms with E-state index in [2.05, 4.69) is 30.3 Å². The van der Waals surface area contributed by atoms with E-state index in [1.165, 1.54) is 11.1 Å². The van der Waals surface area contributed by atoms with Crippen molar-refractivity contribution in [1.82, 2.24) is 0 Å². The molecule has 2 aromatic rings. The van der Waals surface area contributed by atoms with Gasteiger partial charge in [-0.05, 0) is 35.6 Å². The Hall–Kier alpha value is -1.57. The molecular weight excluding hydrogens is 254 g/mol. The van der Waals surface area contributed by atoms with Gasteiger partial charge in [-0.3, -0.25) is 0 Å². The predicted molar refractivity (Wildman–Crippen MR) is 82.1 cm³/mol. The van der Waals surface area contributed by atoms with Gasteiger partial charge in [0, 0.05) is 16.6 Å². The highest BCUT2D eigenvalue weighted by Crippen LogP contribution is 2.31. The largest absolute Gasteiger partial charge is 0.324 e. The summed E-state index contributed by atoms with van der Waals surface area (Å²) in [5.41, 5.74) is 10.8. The van der Waals surface area contributed by atoms with E-state index >= 15 is 0 Å². The summed E-state index contributed by atoms with van der Waals surface area (Å²) in [5.74, 6) is 0. The molecule has 0 saturated heterocycles. The van der Waals surface area contributed by atoms with Gasteiger partial charge in [0.05, 0.1) is 0 Å². The second-order valence-corrected chi connectivity index (χ2v) is 5.36. The van der Waals surface area contributed by atoms with Crippen molar-refractivity contribution >= 4 is 17.2 Å². The number of benzene rings is 2. The smallest absolute Gasteiger partial charge is 0.0484 e. The van der Waals surface area contributed by atoms with Crippen molar-refractivity contribution in [2.45, 2.75) is 18.9 Å². The molecule has 96 valence electrons. The molecule has 19 heavy (non-hydrogen) atoms. The molecule has 0 fully saturated rings. The molecule has 0 saturated carbocycles. The van der Waals surface area contributed by atoms with E-state index in [0.717, 1.165) is 29.0 Å². The average molecular weight is 270 g/mol. The molecule has 1 atom stereocenters. The molecule has 0 aromatic heterocycles. The van der Waals surface area contributed by atoms with Crippen molar-refractivity contribution in [3.63, 3.8) is 0 Å². The van der Waals surface area contributed by atoms with Crippen molar-refractivity contribution in [1.29, 1.82) is 0 Å². The quantitative estimate of drug-likeness (QED) is 0.853. The second-order valence-electron chi connectivity index (χ2n) is 4.95. The van der Waals surface area contributed by atoms with Crippen LogP contribution in [0.5, 0.6) is 0 Å². The Balaban J connectivity index is 1.92. The van der Waals surface area contributed by atoms with Crippen LogP contribution >= 0.6 is 11.6 Å². The first kappa shape index (κ1) is 12.5. The zero-order valence-electron chi connectivity index (χ0n) is 10.6. The van der Waals surface area contributed by atoms with Crippen molar-refractivity contribution in [2.75, 3.05) is 0 Å². The van der Waals surface area contributed by atoms with Gasteiger partial charge in [-0.15, -0.1) is 0 Å². The summed E-state index contributed by atoms with van der Waals surface area (Å²) in [6.45, 7) is 0. The van der Waals surface area contributed by atoms with Crippen LogP contribution in [-0.2, 0) is 0 Å². The van der Waals surface area contributed by atoms with Gasteiger partial charge in [-0.2, -0.15) is 0 Å². The number of allylic oxidation sites excluding steroid dienone is 1. The Kier molecular flexibility index (Phi) is 3.41. The Morgan fingerprint density at radius 3 is 2.26 bits per heavy atom. The summed E-state index contributed by atoms with van der Waals surface area (Å²) < 4.78 is 0. The lowest BCUT2D eigenvalue weighted by molar-refractivity contribution is 0.782. The SMILES string of the molecule is NC1C=C(c2ccc(-c3ccccc3Cl)cc2)CC1. The fraction of sp³-hybridized carbons (Fsp3) is 0.176. The van der Waals surface area contributed by atoms with Crippen molar-refractivity contribution in [3.05, 3.63) is 65.2 Å². The molecule has 2 heteroatoms. The highest BCUT2D eigenvalue weighted by molar-refractivity contribution is 6.33. The monoisotopic (exact) mass is 269 g/mol. The summed E-state index contributed by atoms with van der Waals surface area (Å²) in [7, 11) is 0. The lowest BCUT2D eigenvalue weighted by Crippen LogP contribution is -2.11. The maximum atomic E-state index is 6.22. The molecule has 2 N–H and O–H groups in total. The number of hydrogen-bond donors (Lipinski definition) is 1. The maximum absolute atomic E-state index is 6.22. The zero-order chi connectivity index (χ0) is 13.2. The number of rotatable bonds is 2. The molecule has 1 unspecified atom stereocenters. The standard InChI is InChI=1S/C17H16ClN/c18-17-4-2-1-3-16(17)13-7-5-12(6-8-13)14-9-10-15(19)11-14/h1-8,11,15H,9-10,19H2. The third-order valence-corrected chi connectivity index (χ3v) is 3.93. The molecule has 1 aliphatic rings. The molecule has 1 nitrogen and oxygen atoms in total. The third kappa shape index (κ3) is 2.58. The van der Waals surface area contributed by atoms with E-state index in [1.807, 2.05) is 24.3 Å². The van der Waals surface area contributed by atoms with Crippen LogP contribution in [0.15, 0.2) is 54.6 Å². The van der Waals surface area contributed by atoms with Gasteiger partial charge in [0.25, 0.3) is 0 Å². The third-order valence-electron chi connectivity index (χ3n) is 3.60. The number of halogens is 1. The first-order valence-electron chi connectivity index (χ1n) is 6.55. The number of hydrogen-bond acceptors (Lipinski definition) is 1. The van der Waals surface area contributed by atoms with Gasteiger partial charge < -0.3 is 5.73 Å². The summed E-state index contributed by atoms with van der Waals surface area (Å²) >= 11 is 6.22. The first-order valence-corrected chi connectivity index (χ1v) is 6.93. The van der Waals surface area contributed by atoms with E-state index in [-0.39, 0.29) is 6.04 Å². The van der Waals surface area contributed by atoms with Crippen LogP contribution in [0.2, 0.25) is 5.02 Å². The van der Waals surface area contributed by atoms with E-state index in [4.69, 9.17) is 17.3 Å². The van der Waals surface area contributed by atoms with Crippen molar-refractivity contribution in [2.24, 2.45) is 5.73 Å². The van der Waals surface area contributed by atoms with Gasteiger partial charge >= 0.3 is 0 Å². The van der Waals surface area contributed by atoms with Gasteiger partial charge in [0.1, 0.15) is 0 Å². The fourth-order valence-electron chi connectivity index (χ4n) is 2.55. The second kappa shape index (κ2) is 5.20. The van der Waals surface area contributed by atoms with Crippen LogP contribution in [0.25, 0.3) is 16.7 Å². The van der Waals surface area contributed by atoms with Crippen LogP contribution < -0.4 is 5.73 Å². The molecule has 1 aliphatic carbocycles. The van der Waals surface area contributed by atoms with Crippen molar-refractivity contribution < 1.29 is 0 Å². The lowest BCUT2D eigenvalue weighted by Gasteiger charge is -2.06. The zero-order valence-corrected chi connectivity index (χ0v) is 11.4. The van der Waals surface area contributed by atoms with Crippen LogP contribution in [0.3, 0.4) is 0 Å². The molecule has 0 spiro atoms. The molecule has 0 bridgehead atoms. The minimum Gasteiger partial charge on any atom is -0.324 e. The summed E-state index contributed by atoms with van der Waals surface area (Å²) in [6.07, 6.45) is 4.30. The first-order chi connectivity index (χ1) is 9.24. The predicted octanol–water partition coefficient (Wildman–Crippen LogP) is 4.51. The normalized spacial score (nSPS) is 18.4. The Morgan fingerprint density at radius 2 is 1.63 bits per heavy atom. The van der Waals surface area contributed by atoms with E-state index < -0.39 is 0 Å². The van der Waals surface area contributed by atoms with Gasteiger partial charge in [0.15, 0.2) is 0 Å². The molecule has 0 heterocycles. The Morgan fingerprint density at radius 1 is 0.947 bits per heavy atom. The Bertz CT molecular complexity index is 613. The molecule has 2 aromatic carbocycles. The maximum Gasteiger partial charge on any atom is 0.0484 e. The highest BCUT2D eigenvalue weighted by atomic mass is 35.5. The van der Waals surface area contributed by atoms with E-state index in [9.17, 15) is 0 Å². The molecule has 0 radical (unpaired) electrons. The molecular formula is C17H16ClN. The molecule has 0 amide bonds. The van der Waals surface area contributed by atoms with E-state index in [1.54, 1.807) is 0 Å². The minimum absolute atomic E-state index is 0.221. The summed E-state index contributed by atoms with van der Waals surface area (Å²) in [4.78, 5) is 0. The van der Waals surface area contributed by atoms with Gasteiger partial charge in [0.2, 0.25) is 0 Å². The van der Waals surface area contributed by atoms with Crippen LogP contribution in [0, 0.1) is 0 Å². The molecule has 3 rings (SSSR count). The highest BCUT2D eigenvalue weighted by Gasteiger charge is 2.13. The topological polar surface area (TPSA) is 26.0 Å². The van der Waals surface area contributed by atoms with Gasteiger partial charge in [-0.1, -0.05) is 60.1 Å². The van der Waals surface area contributed by atoms with Crippen molar-refractivity contribution in [3.8, 4) is 11.1 Å². The molecule has 0 aliphatic heterocycles. The summed E-state index contributed by atoms with van der Waals surface area (Å²) in [5, 5.41) is 0.789. The van der Waals surface area contributed by atoms with Crippen LogP contribution in [-0.4, -0.2) is 6.04 Å².